The first kappa shape index (κ1) is 8.97. The smallest absolute Gasteiger partial charge is 0.0529 e. The summed E-state index contributed by atoms with van der Waals surface area (Å²) in [7, 11) is 4.32. The van der Waals surface area contributed by atoms with E-state index >= 15 is 0 Å². The van der Waals surface area contributed by atoms with Crippen LogP contribution >= 0.6 is 0 Å². The number of hydrogen-bond acceptors (Lipinski definition) is 3. The molecule has 1 saturated heterocycles. The summed E-state index contributed by atoms with van der Waals surface area (Å²) in [6.45, 7) is 7.77. The Kier molecular flexibility index (Phi) is 2.87. The Morgan fingerprint density at radius 1 is 0.909 bits per heavy atom. The fourth-order valence-electron chi connectivity index (χ4n) is 1.49. The molecule has 0 unspecified atom stereocenters. The van der Waals surface area contributed by atoms with Crippen LogP contribution in [-0.4, -0.2) is 54.8 Å². The van der Waals surface area contributed by atoms with E-state index in [9.17, 15) is 0 Å². The van der Waals surface area contributed by atoms with Crippen molar-refractivity contribution in [3.05, 3.63) is 0 Å². The highest BCUT2D eigenvalue weighted by Crippen LogP contribution is 2.06. The van der Waals surface area contributed by atoms with E-state index in [2.05, 4.69) is 42.6 Å². The minimum absolute atomic E-state index is 0.653. The number of hydrogen-bond donors (Lipinski definition) is 0. The van der Waals surface area contributed by atoms with E-state index in [-0.39, 0.29) is 0 Å². The van der Waals surface area contributed by atoms with Crippen molar-refractivity contribution >= 4 is 0 Å². The predicted octanol–water partition coefficient (Wildman–Crippen LogP) is 0.447. The van der Waals surface area contributed by atoms with Crippen LogP contribution in [0, 0.1) is 0 Å². The highest BCUT2D eigenvalue weighted by Gasteiger charge is 2.19. The maximum absolute atomic E-state index is 2.45. The Bertz CT molecular complexity index is 115. The SMILES string of the molecule is CC(C)N1CN(C)CN(C)C1. The highest BCUT2D eigenvalue weighted by atomic mass is 15.5. The van der Waals surface area contributed by atoms with E-state index < -0.39 is 0 Å². The van der Waals surface area contributed by atoms with Crippen LogP contribution in [0.15, 0.2) is 0 Å². The van der Waals surface area contributed by atoms with E-state index in [1.165, 1.54) is 0 Å². The Balaban J connectivity index is 2.43. The quantitative estimate of drug-likeness (QED) is 0.547. The Labute approximate surface area is 69.6 Å². The molecule has 1 aliphatic heterocycles. The van der Waals surface area contributed by atoms with Gasteiger partial charge in [0.25, 0.3) is 0 Å². The maximum Gasteiger partial charge on any atom is 0.0529 e. The van der Waals surface area contributed by atoms with Gasteiger partial charge < -0.3 is 0 Å². The molecule has 0 aliphatic carbocycles. The predicted molar refractivity (Wildman–Crippen MR) is 47.1 cm³/mol. The molecule has 0 radical (unpaired) electrons. The zero-order valence-electron chi connectivity index (χ0n) is 8.04. The van der Waals surface area contributed by atoms with E-state index in [1.54, 1.807) is 0 Å². The van der Waals surface area contributed by atoms with Crippen LogP contribution in [-0.2, 0) is 0 Å². The Morgan fingerprint density at radius 3 is 1.73 bits per heavy atom. The number of nitrogens with zero attached hydrogens (tertiary/aromatic N) is 3. The second-order valence-electron chi connectivity index (χ2n) is 3.82. The Morgan fingerprint density at radius 2 is 1.36 bits per heavy atom. The molecule has 0 aromatic carbocycles. The van der Waals surface area contributed by atoms with Gasteiger partial charge in [0.1, 0.15) is 0 Å². The fourth-order valence-corrected chi connectivity index (χ4v) is 1.49. The van der Waals surface area contributed by atoms with E-state index in [1.807, 2.05) is 0 Å². The zero-order valence-corrected chi connectivity index (χ0v) is 8.04. The third kappa shape index (κ3) is 2.43. The van der Waals surface area contributed by atoms with Gasteiger partial charge in [-0.25, -0.2) is 0 Å². The largest absolute Gasteiger partial charge is 0.280 e. The summed E-state index contributed by atoms with van der Waals surface area (Å²) < 4.78 is 0. The summed E-state index contributed by atoms with van der Waals surface area (Å²) in [6.07, 6.45) is 0. The summed E-state index contributed by atoms with van der Waals surface area (Å²) in [5.74, 6) is 0. The maximum atomic E-state index is 2.45. The van der Waals surface area contributed by atoms with Crippen molar-refractivity contribution in [2.24, 2.45) is 0 Å². The zero-order chi connectivity index (χ0) is 8.43. The first-order valence-electron chi connectivity index (χ1n) is 4.20. The average molecular weight is 157 g/mol. The van der Waals surface area contributed by atoms with E-state index in [0.717, 1.165) is 20.0 Å². The molecular weight excluding hydrogens is 138 g/mol. The standard InChI is InChI=1S/C8H19N3/c1-8(2)11-6-9(3)5-10(4)7-11/h8H,5-7H2,1-4H3. The second-order valence-corrected chi connectivity index (χ2v) is 3.82. The molecule has 0 spiro atoms. The van der Waals surface area contributed by atoms with Crippen molar-refractivity contribution < 1.29 is 0 Å². The minimum Gasteiger partial charge on any atom is -0.280 e. The van der Waals surface area contributed by atoms with Gasteiger partial charge in [0, 0.05) is 6.04 Å². The Hall–Kier alpha value is -0.120. The van der Waals surface area contributed by atoms with Crippen molar-refractivity contribution in [2.75, 3.05) is 34.1 Å². The summed E-state index contributed by atoms with van der Waals surface area (Å²) in [5, 5.41) is 0. The third-order valence-corrected chi connectivity index (χ3v) is 2.06. The lowest BCUT2D eigenvalue weighted by Gasteiger charge is -2.40. The lowest BCUT2D eigenvalue weighted by molar-refractivity contribution is -0.0181. The molecule has 1 fully saturated rings. The molecule has 11 heavy (non-hydrogen) atoms. The van der Waals surface area contributed by atoms with Crippen molar-refractivity contribution in [1.29, 1.82) is 0 Å². The van der Waals surface area contributed by atoms with Gasteiger partial charge in [-0.05, 0) is 27.9 Å². The van der Waals surface area contributed by atoms with Crippen molar-refractivity contribution in [2.45, 2.75) is 19.9 Å². The fraction of sp³-hybridized carbons (Fsp3) is 1.00. The van der Waals surface area contributed by atoms with Crippen LogP contribution in [0.4, 0.5) is 0 Å². The summed E-state index contributed by atoms with van der Waals surface area (Å²) in [5.41, 5.74) is 0. The molecule has 0 amide bonds. The van der Waals surface area contributed by atoms with E-state index in [4.69, 9.17) is 0 Å². The summed E-state index contributed by atoms with van der Waals surface area (Å²) in [6, 6.07) is 0.653. The monoisotopic (exact) mass is 157 g/mol. The third-order valence-electron chi connectivity index (χ3n) is 2.06. The van der Waals surface area contributed by atoms with Gasteiger partial charge in [0.2, 0.25) is 0 Å². The molecule has 0 bridgehead atoms. The molecule has 0 aromatic rings. The van der Waals surface area contributed by atoms with Gasteiger partial charge in [-0.15, -0.1) is 0 Å². The van der Waals surface area contributed by atoms with Gasteiger partial charge in [-0.1, -0.05) is 0 Å². The lowest BCUT2D eigenvalue weighted by Crippen LogP contribution is -2.54. The van der Waals surface area contributed by atoms with Gasteiger partial charge in [0.15, 0.2) is 0 Å². The first-order chi connectivity index (χ1) is 5.09. The molecular formula is C8H19N3. The van der Waals surface area contributed by atoms with Crippen molar-refractivity contribution in [3.63, 3.8) is 0 Å². The molecule has 1 heterocycles. The van der Waals surface area contributed by atoms with Crippen LogP contribution in [0.2, 0.25) is 0 Å². The molecule has 3 nitrogen and oxygen atoms in total. The van der Waals surface area contributed by atoms with Gasteiger partial charge in [-0.3, -0.25) is 14.7 Å². The second kappa shape index (κ2) is 3.52. The van der Waals surface area contributed by atoms with Crippen LogP contribution in [0.1, 0.15) is 13.8 Å². The normalized spacial score (nSPS) is 24.8. The topological polar surface area (TPSA) is 9.72 Å². The number of rotatable bonds is 1. The first-order valence-corrected chi connectivity index (χ1v) is 4.20. The minimum atomic E-state index is 0.653. The van der Waals surface area contributed by atoms with Gasteiger partial charge >= 0.3 is 0 Å². The van der Waals surface area contributed by atoms with Crippen molar-refractivity contribution in [1.82, 2.24) is 14.7 Å². The highest BCUT2D eigenvalue weighted by molar-refractivity contribution is 4.66. The van der Waals surface area contributed by atoms with Crippen molar-refractivity contribution in [3.8, 4) is 0 Å². The summed E-state index contributed by atoms with van der Waals surface area (Å²) in [4.78, 5) is 7.09. The van der Waals surface area contributed by atoms with Crippen LogP contribution in [0.3, 0.4) is 0 Å². The summed E-state index contributed by atoms with van der Waals surface area (Å²) >= 11 is 0. The van der Waals surface area contributed by atoms with Crippen LogP contribution in [0.25, 0.3) is 0 Å². The molecule has 0 aromatic heterocycles. The van der Waals surface area contributed by atoms with Gasteiger partial charge in [-0.2, -0.15) is 0 Å². The molecule has 0 N–H and O–H groups in total. The lowest BCUT2D eigenvalue weighted by atomic mass is 10.3. The molecule has 0 atom stereocenters. The van der Waals surface area contributed by atoms with Crippen LogP contribution < -0.4 is 0 Å². The molecule has 66 valence electrons. The van der Waals surface area contributed by atoms with E-state index in [0.29, 0.717) is 6.04 Å². The molecule has 3 heteroatoms. The van der Waals surface area contributed by atoms with Gasteiger partial charge in [0.05, 0.1) is 20.0 Å². The molecule has 0 saturated carbocycles. The van der Waals surface area contributed by atoms with Crippen LogP contribution in [0.5, 0.6) is 0 Å². The molecule has 1 aliphatic rings. The average Bonchev–Trinajstić information content (AvgIpc) is 1.85. The molecule has 1 rings (SSSR count).